The molecule has 5 nitrogen and oxygen atoms in total. The minimum Gasteiger partial charge on any atom is -0.497 e. The van der Waals surface area contributed by atoms with E-state index in [-0.39, 0.29) is 11.9 Å². The summed E-state index contributed by atoms with van der Waals surface area (Å²) in [5.41, 5.74) is 0.925. The molecule has 0 bridgehead atoms. The number of amides is 1. The van der Waals surface area contributed by atoms with E-state index in [1.807, 2.05) is 53.9 Å². The van der Waals surface area contributed by atoms with Gasteiger partial charge in [0.05, 0.1) is 29.7 Å². The molecule has 27 heavy (non-hydrogen) atoms. The van der Waals surface area contributed by atoms with Gasteiger partial charge in [-0.2, -0.15) is 5.10 Å². The van der Waals surface area contributed by atoms with Crippen molar-refractivity contribution in [1.29, 1.82) is 0 Å². The van der Waals surface area contributed by atoms with E-state index in [0.29, 0.717) is 12.2 Å². The number of thioether (sulfide) groups is 1. The molecule has 0 radical (unpaired) electrons. The molecule has 1 amide bonds. The number of rotatable bonds is 6. The van der Waals surface area contributed by atoms with E-state index in [1.165, 1.54) is 11.8 Å². The molecule has 138 valence electrons. The molecular weight excluding hydrogens is 380 g/mol. The van der Waals surface area contributed by atoms with Gasteiger partial charge >= 0.3 is 0 Å². The molecular formula is C20H18N2O3S2. The summed E-state index contributed by atoms with van der Waals surface area (Å²) >= 11 is 3.12. The number of carbonyl (C=O) groups is 1. The first kappa shape index (κ1) is 17.9. The second kappa shape index (κ2) is 8.02. The van der Waals surface area contributed by atoms with Crippen molar-refractivity contribution >= 4 is 34.7 Å². The molecule has 4 rings (SSSR count). The lowest BCUT2D eigenvalue weighted by molar-refractivity contribution is -0.130. The third kappa shape index (κ3) is 3.94. The Morgan fingerprint density at radius 3 is 2.81 bits per heavy atom. The zero-order chi connectivity index (χ0) is 18.6. The summed E-state index contributed by atoms with van der Waals surface area (Å²) in [5, 5.41) is 8.22. The summed E-state index contributed by atoms with van der Waals surface area (Å²) in [4.78, 5) is 15.0. The third-order valence-electron chi connectivity index (χ3n) is 4.26. The van der Waals surface area contributed by atoms with Gasteiger partial charge in [0.25, 0.3) is 5.91 Å². The average molecular weight is 399 g/mol. The van der Waals surface area contributed by atoms with Crippen LogP contribution in [0.15, 0.2) is 74.6 Å². The molecule has 0 saturated carbocycles. The Kier molecular flexibility index (Phi) is 5.31. The molecule has 1 aliphatic heterocycles. The van der Waals surface area contributed by atoms with Gasteiger partial charge in [-0.15, -0.1) is 23.1 Å². The van der Waals surface area contributed by atoms with Crippen molar-refractivity contribution in [2.75, 3.05) is 12.9 Å². The van der Waals surface area contributed by atoms with Crippen LogP contribution < -0.4 is 4.74 Å². The number of hydrogen-bond acceptors (Lipinski definition) is 6. The molecule has 2 aromatic heterocycles. The van der Waals surface area contributed by atoms with Gasteiger partial charge in [-0.3, -0.25) is 4.79 Å². The van der Waals surface area contributed by atoms with Crippen molar-refractivity contribution in [2.24, 2.45) is 5.10 Å². The van der Waals surface area contributed by atoms with Crippen molar-refractivity contribution in [2.45, 2.75) is 17.4 Å². The molecule has 0 spiro atoms. The van der Waals surface area contributed by atoms with Crippen LogP contribution in [0.1, 0.15) is 23.1 Å². The van der Waals surface area contributed by atoms with Gasteiger partial charge in [-0.1, -0.05) is 6.07 Å². The van der Waals surface area contributed by atoms with E-state index in [4.69, 9.17) is 9.15 Å². The molecule has 1 atom stereocenters. The number of hydrogen-bond donors (Lipinski definition) is 0. The fourth-order valence-corrected chi connectivity index (χ4v) is 4.39. The number of ether oxygens (including phenoxy) is 1. The smallest absolute Gasteiger partial charge is 0.253 e. The van der Waals surface area contributed by atoms with Gasteiger partial charge < -0.3 is 9.15 Å². The molecule has 0 fully saturated rings. The van der Waals surface area contributed by atoms with Crippen molar-refractivity contribution < 1.29 is 13.9 Å². The highest BCUT2D eigenvalue weighted by atomic mass is 32.2. The standard InChI is InChI=1S/C20H18N2O3S2/c1-24-14-6-8-15(9-7-14)27-13-20(23)22-17(18-4-2-10-25-18)12-16(21-22)19-5-3-11-26-19/h2-11,17H,12-13H2,1H3/t17-/m1/s1. The lowest BCUT2D eigenvalue weighted by Gasteiger charge is -2.19. The normalized spacial score (nSPS) is 16.4. The average Bonchev–Trinajstić information content (AvgIpc) is 3.46. The molecule has 3 heterocycles. The summed E-state index contributed by atoms with van der Waals surface area (Å²) in [6.07, 6.45) is 2.29. The van der Waals surface area contributed by atoms with Gasteiger partial charge in [-0.25, -0.2) is 5.01 Å². The van der Waals surface area contributed by atoms with Crippen LogP contribution in [-0.4, -0.2) is 29.5 Å². The molecule has 1 aliphatic rings. The maximum Gasteiger partial charge on any atom is 0.253 e. The van der Waals surface area contributed by atoms with Gasteiger partial charge in [0, 0.05) is 11.3 Å². The van der Waals surface area contributed by atoms with Crippen LogP contribution in [-0.2, 0) is 4.79 Å². The predicted octanol–water partition coefficient (Wildman–Crippen LogP) is 4.82. The van der Waals surface area contributed by atoms with Gasteiger partial charge in [0.2, 0.25) is 0 Å². The van der Waals surface area contributed by atoms with E-state index >= 15 is 0 Å². The number of methoxy groups -OCH3 is 1. The predicted molar refractivity (Wildman–Crippen MR) is 107 cm³/mol. The van der Waals surface area contributed by atoms with E-state index < -0.39 is 0 Å². The first-order valence-electron chi connectivity index (χ1n) is 8.48. The number of nitrogens with zero attached hydrogens (tertiary/aromatic N) is 2. The number of hydrazone groups is 1. The molecule has 0 saturated heterocycles. The largest absolute Gasteiger partial charge is 0.497 e. The summed E-state index contributed by atoms with van der Waals surface area (Å²) in [5.74, 6) is 1.83. The third-order valence-corrected chi connectivity index (χ3v) is 6.18. The zero-order valence-electron chi connectivity index (χ0n) is 14.7. The second-order valence-corrected chi connectivity index (χ2v) is 7.96. The summed E-state index contributed by atoms with van der Waals surface area (Å²) in [6.45, 7) is 0. The van der Waals surface area contributed by atoms with Gasteiger partial charge in [-0.05, 0) is 47.8 Å². The molecule has 7 heteroatoms. The topological polar surface area (TPSA) is 55.0 Å². The lowest BCUT2D eigenvalue weighted by atomic mass is 10.1. The van der Waals surface area contributed by atoms with E-state index in [2.05, 4.69) is 5.10 Å². The van der Waals surface area contributed by atoms with Crippen LogP contribution in [0.3, 0.4) is 0 Å². The molecule has 0 N–H and O–H groups in total. The quantitative estimate of drug-likeness (QED) is 0.559. The van der Waals surface area contributed by atoms with Crippen LogP contribution in [0.5, 0.6) is 5.75 Å². The maximum absolute atomic E-state index is 12.9. The Bertz CT molecular complexity index is 919. The fourth-order valence-electron chi connectivity index (χ4n) is 2.92. The van der Waals surface area contributed by atoms with Crippen LogP contribution in [0.4, 0.5) is 0 Å². The highest BCUT2D eigenvalue weighted by molar-refractivity contribution is 8.00. The van der Waals surface area contributed by atoms with Crippen LogP contribution >= 0.6 is 23.1 Å². The molecule has 3 aromatic rings. The van der Waals surface area contributed by atoms with E-state index in [0.717, 1.165) is 27.0 Å². The Labute approximate surface area is 165 Å². The number of furan rings is 1. The van der Waals surface area contributed by atoms with Gasteiger partial charge in [0.15, 0.2) is 0 Å². The summed E-state index contributed by atoms with van der Waals surface area (Å²) in [6, 6.07) is 15.2. The van der Waals surface area contributed by atoms with Crippen molar-refractivity contribution in [3.8, 4) is 5.75 Å². The van der Waals surface area contributed by atoms with Crippen molar-refractivity contribution in [3.63, 3.8) is 0 Å². The Balaban J connectivity index is 1.49. The van der Waals surface area contributed by atoms with Gasteiger partial charge in [0.1, 0.15) is 17.6 Å². The SMILES string of the molecule is COc1ccc(SCC(=O)N2N=C(c3cccs3)C[C@@H]2c2ccco2)cc1. The Morgan fingerprint density at radius 1 is 1.30 bits per heavy atom. The van der Waals surface area contributed by atoms with Crippen molar-refractivity contribution in [3.05, 3.63) is 70.8 Å². The summed E-state index contributed by atoms with van der Waals surface area (Å²) < 4.78 is 10.7. The van der Waals surface area contributed by atoms with Crippen LogP contribution in [0, 0.1) is 0 Å². The minimum absolute atomic E-state index is 0.0382. The molecule has 1 aromatic carbocycles. The van der Waals surface area contributed by atoms with Crippen LogP contribution in [0.2, 0.25) is 0 Å². The number of thiophene rings is 1. The summed E-state index contributed by atoms with van der Waals surface area (Å²) in [7, 11) is 1.64. The first-order valence-corrected chi connectivity index (χ1v) is 10.3. The number of benzene rings is 1. The lowest BCUT2D eigenvalue weighted by Crippen LogP contribution is -2.28. The highest BCUT2D eigenvalue weighted by Crippen LogP contribution is 2.35. The van der Waals surface area contributed by atoms with E-state index in [1.54, 1.807) is 29.7 Å². The molecule has 0 aliphatic carbocycles. The zero-order valence-corrected chi connectivity index (χ0v) is 16.3. The van der Waals surface area contributed by atoms with Crippen molar-refractivity contribution in [1.82, 2.24) is 5.01 Å². The second-order valence-electron chi connectivity index (χ2n) is 5.96. The monoisotopic (exact) mass is 398 g/mol. The maximum atomic E-state index is 12.9. The minimum atomic E-state index is -0.193. The number of carbonyl (C=O) groups excluding carboxylic acids is 1. The highest BCUT2D eigenvalue weighted by Gasteiger charge is 2.34. The first-order chi connectivity index (χ1) is 13.2. The molecule has 0 unspecified atom stereocenters. The Hall–Kier alpha value is -2.51. The van der Waals surface area contributed by atoms with E-state index in [9.17, 15) is 4.79 Å². The van der Waals surface area contributed by atoms with Crippen LogP contribution in [0.25, 0.3) is 0 Å². The Morgan fingerprint density at radius 2 is 2.15 bits per heavy atom. The fraction of sp³-hybridized carbons (Fsp3) is 0.200.